The quantitative estimate of drug-likeness (QED) is 0.933. The predicted octanol–water partition coefficient (Wildman–Crippen LogP) is 3.12. The van der Waals surface area contributed by atoms with Gasteiger partial charge in [-0.25, -0.2) is 0 Å². The summed E-state index contributed by atoms with van der Waals surface area (Å²) in [6, 6.07) is 10.0. The molecule has 1 fully saturated rings. The molecule has 0 bridgehead atoms. The molecule has 2 aromatic rings. The molecule has 1 saturated heterocycles. The second kappa shape index (κ2) is 4.94. The number of hydrogen-bond acceptors (Lipinski definition) is 3. The Kier molecular flexibility index (Phi) is 3.26. The molecule has 0 radical (unpaired) electrons. The van der Waals surface area contributed by atoms with Gasteiger partial charge < -0.3 is 9.52 Å². The molecule has 0 amide bonds. The first-order chi connectivity index (χ1) is 9.57. The first-order valence-electron chi connectivity index (χ1n) is 7.00. The molecule has 2 heterocycles. The van der Waals surface area contributed by atoms with Gasteiger partial charge in [0.1, 0.15) is 11.3 Å². The third-order valence-electron chi connectivity index (χ3n) is 4.33. The standard InChI is InChI=1S/C16H19NO3/c1-16(15(18)19)6-8-17(9-7-16)11-13-10-12-4-2-3-5-14(12)20-13/h2-5,10H,6-9,11H2,1H3,(H,18,19). The monoisotopic (exact) mass is 273 g/mol. The van der Waals surface area contributed by atoms with E-state index in [9.17, 15) is 9.90 Å². The minimum atomic E-state index is -0.680. The number of rotatable bonds is 3. The molecule has 0 aliphatic carbocycles. The number of carbonyl (C=O) groups is 1. The van der Waals surface area contributed by atoms with E-state index in [0.717, 1.165) is 36.4 Å². The molecule has 106 valence electrons. The lowest BCUT2D eigenvalue weighted by Gasteiger charge is -2.35. The zero-order valence-corrected chi connectivity index (χ0v) is 11.6. The first kappa shape index (κ1) is 13.2. The summed E-state index contributed by atoms with van der Waals surface area (Å²) < 4.78 is 5.81. The summed E-state index contributed by atoms with van der Waals surface area (Å²) in [6.07, 6.45) is 1.39. The molecule has 4 nitrogen and oxygen atoms in total. The maximum atomic E-state index is 11.2. The summed E-state index contributed by atoms with van der Waals surface area (Å²) in [7, 11) is 0. The molecule has 1 N–H and O–H groups in total. The van der Waals surface area contributed by atoms with Gasteiger partial charge in [0.2, 0.25) is 0 Å². The SMILES string of the molecule is CC1(C(=O)O)CCN(Cc2cc3ccccc3o2)CC1. The van der Waals surface area contributed by atoms with Gasteiger partial charge in [0.25, 0.3) is 0 Å². The van der Waals surface area contributed by atoms with Crippen molar-refractivity contribution >= 4 is 16.9 Å². The number of carboxylic acids is 1. The number of hydrogen-bond donors (Lipinski definition) is 1. The molecule has 1 aliphatic rings. The van der Waals surface area contributed by atoms with Crippen LogP contribution in [0, 0.1) is 5.41 Å². The Morgan fingerprint density at radius 1 is 1.35 bits per heavy atom. The highest BCUT2D eigenvalue weighted by Crippen LogP contribution is 2.32. The van der Waals surface area contributed by atoms with Crippen molar-refractivity contribution < 1.29 is 14.3 Å². The second-order valence-corrected chi connectivity index (χ2v) is 5.89. The largest absolute Gasteiger partial charge is 0.481 e. The summed E-state index contributed by atoms with van der Waals surface area (Å²) >= 11 is 0. The van der Waals surface area contributed by atoms with Gasteiger partial charge in [0.05, 0.1) is 12.0 Å². The summed E-state index contributed by atoms with van der Waals surface area (Å²) in [5, 5.41) is 10.4. The second-order valence-electron chi connectivity index (χ2n) is 5.89. The number of nitrogens with zero attached hydrogens (tertiary/aromatic N) is 1. The van der Waals surface area contributed by atoms with E-state index >= 15 is 0 Å². The van der Waals surface area contributed by atoms with Gasteiger partial charge in [0.15, 0.2) is 0 Å². The summed E-state index contributed by atoms with van der Waals surface area (Å²) in [5.74, 6) is 0.269. The number of carboxylic acid groups (broad SMARTS) is 1. The third-order valence-corrected chi connectivity index (χ3v) is 4.33. The van der Waals surface area contributed by atoms with Crippen LogP contribution in [0.3, 0.4) is 0 Å². The smallest absolute Gasteiger partial charge is 0.309 e. The number of fused-ring (bicyclic) bond motifs is 1. The van der Waals surface area contributed by atoms with Crippen molar-refractivity contribution in [3.05, 3.63) is 36.1 Å². The van der Waals surface area contributed by atoms with Crippen molar-refractivity contribution in [3.8, 4) is 0 Å². The van der Waals surface area contributed by atoms with E-state index in [0.29, 0.717) is 12.8 Å². The maximum Gasteiger partial charge on any atom is 0.309 e. The van der Waals surface area contributed by atoms with E-state index in [1.807, 2.05) is 31.2 Å². The highest BCUT2D eigenvalue weighted by Gasteiger charge is 2.36. The topological polar surface area (TPSA) is 53.7 Å². The Balaban J connectivity index is 1.66. The van der Waals surface area contributed by atoms with Crippen LogP contribution >= 0.6 is 0 Å². The van der Waals surface area contributed by atoms with Gasteiger partial charge in [0, 0.05) is 5.39 Å². The molecular formula is C16H19NO3. The highest BCUT2D eigenvalue weighted by molar-refractivity contribution is 5.77. The lowest BCUT2D eigenvalue weighted by molar-refractivity contribution is -0.150. The Morgan fingerprint density at radius 3 is 2.70 bits per heavy atom. The fourth-order valence-corrected chi connectivity index (χ4v) is 2.75. The fourth-order valence-electron chi connectivity index (χ4n) is 2.75. The van der Waals surface area contributed by atoms with Crippen molar-refractivity contribution in [1.29, 1.82) is 0 Å². The average Bonchev–Trinajstić information content (AvgIpc) is 2.83. The van der Waals surface area contributed by atoms with Crippen LogP contribution in [0.15, 0.2) is 34.7 Å². The Labute approximate surface area is 118 Å². The fraction of sp³-hybridized carbons (Fsp3) is 0.438. The molecule has 0 atom stereocenters. The molecule has 0 spiro atoms. The van der Waals surface area contributed by atoms with Gasteiger partial charge in [-0.1, -0.05) is 18.2 Å². The number of likely N-dealkylation sites (tertiary alicyclic amines) is 1. The number of aliphatic carboxylic acids is 1. The molecule has 1 aromatic carbocycles. The number of benzene rings is 1. The van der Waals surface area contributed by atoms with E-state index in [-0.39, 0.29) is 0 Å². The summed E-state index contributed by atoms with van der Waals surface area (Å²) in [6.45, 7) is 4.21. The van der Waals surface area contributed by atoms with Gasteiger partial charge in [-0.05, 0) is 45.0 Å². The molecular weight excluding hydrogens is 254 g/mol. The van der Waals surface area contributed by atoms with Crippen molar-refractivity contribution in [2.24, 2.45) is 5.41 Å². The lowest BCUT2D eigenvalue weighted by atomic mass is 9.80. The zero-order valence-electron chi connectivity index (χ0n) is 11.6. The molecule has 1 aliphatic heterocycles. The average molecular weight is 273 g/mol. The van der Waals surface area contributed by atoms with Crippen molar-refractivity contribution in [2.75, 3.05) is 13.1 Å². The molecule has 3 rings (SSSR count). The van der Waals surface area contributed by atoms with E-state index in [1.54, 1.807) is 0 Å². The molecule has 0 saturated carbocycles. The van der Waals surface area contributed by atoms with E-state index in [1.165, 1.54) is 0 Å². The van der Waals surface area contributed by atoms with Gasteiger partial charge in [-0.15, -0.1) is 0 Å². The van der Waals surface area contributed by atoms with Crippen LogP contribution in [0.1, 0.15) is 25.5 Å². The van der Waals surface area contributed by atoms with Crippen LogP contribution in [-0.2, 0) is 11.3 Å². The van der Waals surface area contributed by atoms with Gasteiger partial charge in [-0.3, -0.25) is 9.69 Å². The predicted molar refractivity (Wildman–Crippen MR) is 76.5 cm³/mol. The minimum absolute atomic E-state index is 0.565. The third kappa shape index (κ3) is 2.43. The maximum absolute atomic E-state index is 11.2. The molecule has 1 aromatic heterocycles. The summed E-state index contributed by atoms with van der Waals surface area (Å²) in [4.78, 5) is 13.5. The van der Waals surface area contributed by atoms with Crippen molar-refractivity contribution in [2.45, 2.75) is 26.3 Å². The Morgan fingerprint density at radius 2 is 2.05 bits per heavy atom. The van der Waals surface area contributed by atoms with E-state index < -0.39 is 11.4 Å². The van der Waals surface area contributed by atoms with Crippen molar-refractivity contribution in [1.82, 2.24) is 4.90 Å². The van der Waals surface area contributed by atoms with Crippen LogP contribution in [0.25, 0.3) is 11.0 Å². The van der Waals surface area contributed by atoms with E-state index in [2.05, 4.69) is 11.0 Å². The molecule has 20 heavy (non-hydrogen) atoms. The lowest BCUT2D eigenvalue weighted by Crippen LogP contribution is -2.42. The number of para-hydroxylation sites is 1. The minimum Gasteiger partial charge on any atom is -0.481 e. The zero-order chi connectivity index (χ0) is 14.2. The highest BCUT2D eigenvalue weighted by atomic mass is 16.4. The van der Waals surface area contributed by atoms with Crippen LogP contribution in [0.4, 0.5) is 0 Å². The van der Waals surface area contributed by atoms with Crippen LogP contribution in [0.5, 0.6) is 0 Å². The Bertz CT molecular complexity index is 590. The number of furan rings is 1. The van der Waals surface area contributed by atoms with Gasteiger partial charge in [-0.2, -0.15) is 0 Å². The van der Waals surface area contributed by atoms with Crippen molar-refractivity contribution in [3.63, 3.8) is 0 Å². The molecule has 0 unspecified atom stereocenters. The van der Waals surface area contributed by atoms with Crippen LogP contribution in [-0.4, -0.2) is 29.1 Å². The number of piperidine rings is 1. The summed E-state index contributed by atoms with van der Waals surface area (Å²) in [5.41, 5.74) is 0.347. The van der Waals surface area contributed by atoms with Crippen LogP contribution < -0.4 is 0 Å². The first-order valence-corrected chi connectivity index (χ1v) is 7.00. The van der Waals surface area contributed by atoms with Gasteiger partial charge >= 0.3 is 5.97 Å². The normalized spacial score (nSPS) is 19.2. The van der Waals surface area contributed by atoms with E-state index in [4.69, 9.17) is 4.42 Å². The van der Waals surface area contributed by atoms with Crippen LogP contribution in [0.2, 0.25) is 0 Å². The Hall–Kier alpha value is -1.81. The molecule has 4 heteroatoms.